The van der Waals surface area contributed by atoms with Crippen LogP contribution in [0.1, 0.15) is 18.9 Å². The summed E-state index contributed by atoms with van der Waals surface area (Å²) >= 11 is 1.72. The first-order valence-electron chi connectivity index (χ1n) is 4.46. The fourth-order valence-electron chi connectivity index (χ4n) is 1.11. The fourth-order valence-corrected chi connectivity index (χ4v) is 1.81. The molecular weight excluding hydrogens is 180 g/mol. The van der Waals surface area contributed by atoms with Gasteiger partial charge in [-0.25, -0.2) is 0 Å². The predicted octanol–water partition coefficient (Wildman–Crippen LogP) is 2.87. The molecule has 1 atom stereocenters. The summed E-state index contributed by atoms with van der Waals surface area (Å²) in [7, 11) is 0. The Balaban J connectivity index is 2.45. The summed E-state index contributed by atoms with van der Waals surface area (Å²) in [5.41, 5.74) is 1.23. The van der Waals surface area contributed by atoms with E-state index in [-0.39, 0.29) is 12.0 Å². The molecule has 1 aromatic heterocycles. The van der Waals surface area contributed by atoms with Gasteiger partial charge in [-0.05, 0) is 35.2 Å². The monoisotopic (exact) mass is 196 g/mol. The van der Waals surface area contributed by atoms with Gasteiger partial charge in [0.15, 0.2) is 0 Å². The Morgan fingerprint density at radius 2 is 2.46 bits per heavy atom. The lowest BCUT2D eigenvalue weighted by Crippen LogP contribution is -2.18. The van der Waals surface area contributed by atoms with Gasteiger partial charge >= 0.3 is 0 Å². The van der Waals surface area contributed by atoms with Gasteiger partial charge in [-0.15, -0.1) is 6.58 Å². The Kier molecular flexibility index (Phi) is 3.70. The van der Waals surface area contributed by atoms with E-state index in [1.54, 1.807) is 11.3 Å². The van der Waals surface area contributed by atoms with Crippen LogP contribution in [0, 0.1) is 5.41 Å². The van der Waals surface area contributed by atoms with Crippen molar-refractivity contribution in [1.29, 1.82) is 0 Å². The molecule has 1 aromatic rings. The van der Waals surface area contributed by atoms with Crippen molar-refractivity contribution in [3.8, 4) is 0 Å². The molecule has 1 nitrogen and oxygen atoms in total. The van der Waals surface area contributed by atoms with Crippen LogP contribution in [-0.2, 0) is 6.42 Å². The van der Waals surface area contributed by atoms with Crippen molar-refractivity contribution in [2.45, 2.75) is 19.8 Å². The van der Waals surface area contributed by atoms with E-state index in [0.717, 1.165) is 12.8 Å². The summed E-state index contributed by atoms with van der Waals surface area (Å²) < 4.78 is 0. The zero-order valence-electron chi connectivity index (χ0n) is 7.99. The SMILES string of the molecule is C=CC(C)(CO)CCc1ccsc1. The van der Waals surface area contributed by atoms with Crippen LogP contribution in [0.2, 0.25) is 0 Å². The first-order valence-corrected chi connectivity index (χ1v) is 5.40. The molecule has 0 spiro atoms. The summed E-state index contributed by atoms with van der Waals surface area (Å²) in [6, 6.07) is 2.13. The van der Waals surface area contributed by atoms with E-state index in [1.165, 1.54) is 5.56 Å². The summed E-state index contributed by atoms with van der Waals surface area (Å²) in [6.07, 6.45) is 3.83. The van der Waals surface area contributed by atoms with E-state index in [1.807, 2.05) is 13.0 Å². The second kappa shape index (κ2) is 4.58. The van der Waals surface area contributed by atoms with Gasteiger partial charge in [0.1, 0.15) is 0 Å². The van der Waals surface area contributed by atoms with Crippen LogP contribution in [0.25, 0.3) is 0 Å². The van der Waals surface area contributed by atoms with Crippen LogP contribution in [0.4, 0.5) is 0 Å². The summed E-state index contributed by atoms with van der Waals surface area (Å²) in [5, 5.41) is 13.4. The lowest BCUT2D eigenvalue weighted by molar-refractivity contribution is 0.176. The third-order valence-corrected chi connectivity index (χ3v) is 3.15. The Morgan fingerprint density at radius 3 is 2.92 bits per heavy atom. The molecule has 0 aliphatic heterocycles. The molecule has 0 saturated carbocycles. The van der Waals surface area contributed by atoms with Gasteiger partial charge in [0.25, 0.3) is 0 Å². The highest BCUT2D eigenvalue weighted by molar-refractivity contribution is 7.07. The number of aliphatic hydroxyl groups is 1. The molecule has 72 valence electrons. The van der Waals surface area contributed by atoms with Crippen LogP contribution in [0.5, 0.6) is 0 Å². The average Bonchev–Trinajstić information content (AvgIpc) is 2.67. The van der Waals surface area contributed by atoms with E-state index in [4.69, 9.17) is 5.11 Å². The van der Waals surface area contributed by atoms with Crippen molar-refractivity contribution in [1.82, 2.24) is 0 Å². The largest absolute Gasteiger partial charge is 0.395 e. The smallest absolute Gasteiger partial charge is 0.0519 e. The van der Waals surface area contributed by atoms with Crippen molar-refractivity contribution in [2.24, 2.45) is 5.41 Å². The van der Waals surface area contributed by atoms with Crippen molar-refractivity contribution < 1.29 is 5.11 Å². The van der Waals surface area contributed by atoms with Crippen molar-refractivity contribution in [2.75, 3.05) is 6.61 Å². The molecule has 0 radical (unpaired) electrons. The minimum atomic E-state index is -0.123. The maximum absolute atomic E-state index is 9.15. The van der Waals surface area contributed by atoms with Gasteiger partial charge in [-0.3, -0.25) is 0 Å². The topological polar surface area (TPSA) is 20.2 Å². The molecule has 0 bridgehead atoms. The molecule has 2 heteroatoms. The minimum Gasteiger partial charge on any atom is -0.395 e. The molecule has 13 heavy (non-hydrogen) atoms. The first kappa shape index (κ1) is 10.5. The Hall–Kier alpha value is -0.600. The molecule has 0 aliphatic carbocycles. The van der Waals surface area contributed by atoms with Crippen molar-refractivity contribution in [3.05, 3.63) is 35.0 Å². The molecule has 0 fully saturated rings. The number of thiophene rings is 1. The van der Waals surface area contributed by atoms with Gasteiger partial charge in [0.2, 0.25) is 0 Å². The highest BCUT2D eigenvalue weighted by Crippen LogP contribution is 2.24. The van der Waals surface area contributed by atoms with Crippen LogP contribution in [0.15, 0.2) is 29.5 Å². The van der Waals surface area contributed by atoms with Gasteiger partial charge in [-0.1, -0.05) is 13.0 Å². The summed E-state index contributed by atoms with van der Waals surface area (Å²) in [5.74, 6) is 0. The number of hydrogen-bond acceptors (Lipinski definition) is 2. The van der Waals surface area contributed by atoms with E-state index in [9.17, 15) is 0 Å². The molecule has 1 N–H and O–H groups in total. The lowest BCUT2D eigenvalue weighted by atomic mass is 9.85. The predicted molar refractivity (Wildman–Crippen MR) is 58.0 cm³/mol. The summed E-state index contributed by atoms with van der Waals surface area (Å²) in [4.78, 5) is 0. The molecular formula is C11H16OS. The fraction of sp³-hybridized carbons (Fsp3) is 0.455. The molecule has 1 heterocycles. The van der Waals surface area contributed by atoms with Crippen LogP contribution in [0.3, 0.4) is 0 Å². The quantitative estimate of drug-likeness (QED) is 0.718. The molecule has 0 aliphatic rings. The van der Waals surface area contributed by atoms with E-state index < -0.39 is 0 Å². The maximum Gasteiger partial charge on any atom is 0.0519 e. The first-order chi connectivity index (χ1) is 6.20. The summed E-state index contributed by atoms with van der Waals surface area (Å²) in [6.45, 7) is 5.96. The molecule has 0 amide bonds. The van der Waals surface area contributed by atoms with E-state index >= 15 is 0 Å². The highest BCUT2D eigenvalue weighted by atomic mass is 32.1. The molecule has 1 rings (SSSR count). The number of aliphatic hydroxyl groups excluding tert-OH is 1. The van der Waals surface area contributed by atoms with Crippen molar-refractivity contribution >= 4 is 11.3 Å². The third-order valence-electron chi connectivity index (χ3n) is 2.42. The Morgan fingerprint density at radius 1 is 1.69 bits per heavy atom. The zero-order valence-corrected chi connectivity index (χ0v) is 8.81. The molecule has 0 saturated heterocycles. The molecule has 0 aromatic carbocycles. The number of rotatable bonds is 5. The van der Waals surface area contributed by atoms with Gasteiger partial charge in [0.05, 0.1) is 6.61 Å². The van der Waals surface area contributed by atoms with E-state index in [0.29, 0.717) is 0 Å². The highest BCUT2D eigenvalue weighted by Gasteiger charge is 2.18. The second-order valence-corrected chi connectivity index (χ2v) is 4.43. The average molecular weight is 196 g/mol. The van der Waals surface area contributed by atoms with Gasteiger partial charge in [-0.2, -0.15) is 11.3 Å². The molecule has 1 unspecified atom stereocenters. The number of aryl methyl sites for hydroxylation is 1. The normalized spacial score (nSPS) is 15.2. The van der Waals surface area contributed by atoms with E-state index in [2.05, 4.69) is 23.4 Å². The van der Waals surface area contributed by atoms with Crippen molar-refractivity contribution in [3.63, 3.8) is 0 Å². The lowest BCUT2D eigenvalue weighted by Gasteiger charge is -2.22. The van der Waals surface area contributed by atoms with Gasteiger partial charge < -0.3 is 5.11 Å². The standard InChI is InChI=1S/C11H16OS/c1-3-11(2,9-12)6-4-10-5-7-13-8-10/h3,5,7-8,12H,1,4,6,9H2,2H3. The second-order valence-electron chi connectivity index (χ2n) is 3.65. The maximum atomic E-state index is 9.15. The Labute approximate surface area is 83.7 Å². The van der Waals surface area contributed by atoms with Crippen LogP contribution < -0.4 is 0 Å². The number of hydrogen-bond donors (Lipinski definition) is 1. The minimum absolute atomic E-state index is 0.123. The van der Waals surface area contributed by atoms with Crippen LogP contribution >= 0.6 is 11.3 Å². The zero-order chi connectivity index (χ0) is 9.73. The van der Waals surface area contributed by atoms with Crippen LogP contribution in [-0.4, -0.2) is 11.7 Å². The third kappa shape index (κ3) is 2.98. The van der Waals surface area contributed by atoms with Gasteiger partial charge in [0, 0.05) is 5.41 Å². The Bertz CT molecular complexity index is 253.